The van der Waals surface area contributed by atoms with Crippen LogP contribution in [0.15, 0.2) is 60.8 Å². The van der Waals surface area contributed by atoms with Gasteiger partial charge in [-0.15, -0.1) is 0 Å². The molecule has 53 heavy (non-hydrogen) atoms. The van der Waals surface area contributed by atoms with Crippen LogP contribution in [0.4, 0.5) is 0 Å². The number of nitrogens with two attached hydrogens (primary N) is 1. The largest absolute Gasteiger partial charge is 0.480 e. The number of hydrogen-bond acceptors (Lipinski definition) is 10. The van der Waals surface area contributed by atoms with Crippen molar-refractivity contribution in [1.29, 1.82) is 0 Å². The predicted octanol–water partition coefficient (Wildman–Crippen LogP) is 8.58. The maximum Gasteiger partial charge on any atom is 0.472 e. The molecule has 1 unspecified atom stereocenters. The fraction of sp³-hybridized carbons (Fsp3) is 0.675. The molecule has 0 aliphatic carbocycles. The molecule has 304 valence electrons. The van der Waals surface area contributed by atoms with E-state index >= 15 is 0 Å². The second-order valence-electron chi connectivity index (χ2n) is 12.9. The molecule has 0 heterocycles. The zero-order chi connectivity index (χ0) is 39.4. The minimum Gasteiger partial charge on any atom is -0.480 e. The Bertz CT molecular complexity index is 1150. The fourth-order valence-corrected chi connectivity index (χ4v) is 5.48. The number of phosphoric ester groups is 1. The number of rotatable bonds is 35. The third-order valence-corrected chi connectivity index (χ3v) is 8.89. The van der Waals surface area contributed by atoms with Crippen molar-refractivity contribution < 1.29 is 52.6 Å². The van der Waals surface area contributed by atoms with Gasteiger partial charge in [0.1, 0.15) is 12.6 Å². The lowest BCUT2D eigenvalue weighted by molar-refractivity contribution is -0.161. The summed E-state index contributed by atoms with van der Waals surface area (Å²) < 4.78 is 32.5. The van der Waals surface area contributed by atoms with Crippen LogP contribution in [0.2, 0.25) is 0 Å². The molecule has 0 aromatic carbocycles. The highest BCUT2D eigenvalue weighted by Gasteiger charge is 2.28. The first-order valence-electron chi connectivity index (χ1n) is 19.4. The maximum absolute atomic E-state index is 12.5. The van der Waals surface area contributed by atoms with E-state index in [1.165, 1.54) is 44.9 Å². The lowest BCUT2D eigenvalue weighted by atomic mass is 10.1. The van der Waals surface area contributed by atoms with Crippen molar-refractivity contribution in [1.82, 2.24) is 0 Å². The number of carboxylic acids is 1. The molecule has 0 saturated heterocycles. The molecule has 12 nitrogen and oxygen atoms in total. The Morgan fingerprint density at radius 1 is 0.679 bits per heavy atom. The lowest BCUT2D eigenvalue weighted by Crippen LogP contribution is -2.34. The van der Waals surface area contributed by atoms with E-state index in [4.69, 9.17) is 24.8 Å². The number of unbranched alkanes of at least 4 members (excludes halogenated alkanes) is 11. The Labute approximate surface area is 318 Å². The van der Waals surface area contributed by atoms with E-state index in [1.807, 2.05) is 37.3 Å². The van der Waals surface area contributed by atoms with Gasteiger partial charge in [0.15, 0.2) is 6.10 Å². The number of aliphatic hydroxyl groups excluding tert-OH is 1. The van der Waals surface area contributed by atoms with Crippen LogP contribution in [0.3, 0.4) is 0 Å². The van der Waals surface area contributed by atoms with E-state index in [9.17, 15) is 28.9 Å². The summed E-state index contributed by atoms with van der Waals surface area (Å²) in [6, 6.07) is -1.53. The Balaban J connectivity index is 4.53. The van der Waals surface area contributed by atoms with E-state index in [0.717, 1.165) is 38.5 Å². The quantitative estimate of drug-likeness (QED) is 0.0158. The first-order chi connectivity index (χ1) is 25.5. The van der Waals surface area contributed by atoms with Crippen molar-refractivity contribution in [3.05, 3.63) is 60.8 Å². The number of ether oxygens (including phenoxy) is 2. The molecule has 13 heteroatoms. The zero-order valence-corrected chi connectivity index (χ0v) is 33.1. The Kier molecular flexibility index (Phi) is 33.0. The smallest absolute Gasteiger partial charge is 0.472 e. The summed E-state index contributed by atoms with van der Waals surface area (Å²) >= 11 is 0. The van der Waals surface area contributed by atoms with Gasteiger partial charge < -0.3 is 30.3 Å². The molecule has 0 amide bonds. The van der Waals surface area contributed by atoms with Crippen LogP contribution in [-0.4, -0.2) is 71.1 Å². The number of hydrogen-bond donors (Lipinski definition) is 4. The first-order valence-corrected chi connectivity index (χ1v) is 20.9. The van der Waals surface area contributed by atoms with E-state index in [2.05, 4.69) is 35.8 Å². The van der Waals surface area contributed by atoms with E-state index in [-0.39, 0.29) is 19.4 Å². The number of phosphoric acid groups is 1. The third kappa shape index (κ3) is 34.6. The van der Waals surface area contributed by atoms with Gasteiger partial charge in [0.25, 0.3) is 0 Å². The summed E-state index contributed by atoms with van der Waals surface area (Å²) in [6.07, 6.45) is 35.4. The summed E-state index contributed by atoms with van der Waals surface area (Å²) in [5.41, 5.74) is 5.31. The molecule has 4 atom stereocenters. The Morgan fingerprint density at radius 2 is 1.21 bits per heavy atom. The molecule has 0 fully saturated rings. The van der Waals surface area contributed by atoms with Crippen molar-refractivity contribution in [3.8, 4) is 0 Å². The summed E-state index contributed by atoms with van der Waals surface area (Å²) in [4.78, 5) is 45.7. The normalized spacial score (nSPS) is 15.1. The number of aliphatic hydroxyl groups is 1. The third-order valence-electron chi connectivity index (χ3n) is 7.94. The average Bonchev–Trinajstić information content (AvgIpc) is 3.13. The predicted molar refractivity (Wildman–Crippen MR) is 209 cm³/mol. The molecule has 0 radical (unpaired) electrons. The van der Waals surface area contributed by atoms with Crippen LogP contribution < -0.4 is 5.73 Å². The molecular weight excluding hydrogens is 701 g/mol. The van der Waals surface area contributed by atoms with Gasteiger partial charge in [-0.1, -0.05) is 139 Å². The van der Waals surface area contributed by atoms with E-state index < -0.39 is 57.2 Å². The summed E-state index contributed by atoms with van der Waals surface area (Å²) in [7, 11) is -4.73. The summed E-state index contributed by atoms with van der Waals surface area (Å²) in [5.74, 6) is -2.48. The highest BCUT2D eigenvalue weighted by Crippen LogP contribution is 2.43. The SMILES string of the molecule is CCCCCCCCCCCCCC(=O)O[C@H](COC(=O)CCC/C=C\C/C=C\C/C=C\C/C=C\C=C\[C@@H](O)CC)COP(=O)(O)OC[C@H](N)C(=O)O. The topological polar surface area (TPSA) is 192 Å². The van der Waals surface area contributed by atoms with Gasteiger partial charge in [-0.25, -0.2) is 4.57 Å². The summed E-state index contributed by atoms with van der Waals surface area (Å²) in [6.45, 7) is 2.37. The van der Waals surface area contributed by atoms with E-state index in [1.54, 1.807) is 6.08 Å². The molecule has 0 aliphatic rings. The van der Waals surface area contributed by atoms with Crippen molar-refractivity contribution in [2.24, 2.45) is 5.73 Å². The van der Waals surface area contributed by atoms with Gasteiger partial charge in [0, 0.05) is 12.8 Å². The minimum atomic E-state index is -4.73. The van der Waals surface area contributed by atoms with Crippen LogP contribution in [0, 0.1) is 0 Å². The maximum atomic E-state index is 12.5. The second kappa shape index (κ2) is 34.9. The lowest BCUT2D eigenvalue weighted by Gasteiger charge is -2.20. The molecule has 0 aromatic rings. The molecule has 0 rings (SSSR count). The van der Waals surface area contributed by atoms with Crippen LogP contribution in [0.1, 0.15) is 136 Å². The van der Waals surface area contributed by atoms with Gasteiger partial charge in [0.05, 0.1) is 19.3 Å². The van der Waals surface area contributed by atoms with Gasteiger partial charge in [-0.05, 0) is 44.9 Å². The molecule has 0 bridgehead atoms. The van der Waals surface area contributed by atoms with Gasteiger partial charge >= 0.3 is 25.7 Å². The number of esters is 2. The van der Waals surface area contributed by atoms with Gasteiger partial charge in [-0.3, -0.25) is 23.4 Å². The van der Waals surface area contributed by atoms with Crippen molar-refractivity contribution >= 4 is 25.7 Å². The number of aliphatic carboxylic acids is 1. The minimum absolute atomic E-state index is 0.128. The van der Waals surface area contributed by atoms with Crippen molar-refractivity contribution in [2.75, 3.05) is 19.8 Å². The van der Waals surface area contributed by atoms with Crippen LogP contribution in [-0.2, 0) is 37.5 Å². The van der Waals surface area contributed by atoms with Crippen LogP contribution >= 0.6 is 7.82 Å². The first kappa shape index (κ1) is 50.1. The molecule has 0 aliphatic heterocycles. The summed E-state index contributed by atoms with van der Waals surface area (Å²) in [5, 5.41) is 18.3. The fourth-order valence-electron chi connectivity index (χ4n) is 4.70. The number of carboxylic acid groups (broad SMARTS) is 1. The molecule has 0 aromatic heterocycles. The molecule has 0 spiro atoms. The average molecular weight is 770 g/mol. The number of carbonyl (C=O) groups excluding carboxylic acids is 2. The Morgan fingerprint density at radius 3 is 1.79 bits per heavy atom. The standard InChI is InChI=1S/C40H68NO11P/c1-3-5-6-7-8-9-14-19-22-25-28-31-39(44)52-36(33-50-53(47,48)51-34-37(41)40(45)46)32-49-38(43)30-27-24-21-18-16-13-11-10-12-15-17-20-23-26-29-35(42)4-2/h11-13,15,18,20-21,23,26,29,35-37,42H,3-10,14,16-17,19,22,24-25,27-28,30-34,41H2,1-2H3,(H,45,46)(H,47,48)/b13-11-,15-12-,21-18-,23-20-,29-26+/t35-,36+,37-/m0/s1. The second-order valence-corrected chi connectivity index (χ2v) is 14.3. The van der Waals surface area contributed by atoms with Crippen LogP contribution in [0.5, 0.6) is 0 Å². The molecule has 0 saturated carbocycles. The zero-order valence-electron chi connectivity index (χ0n) is 32.2. The Hall–Kier alpha value is -2.86. The van der Waals surface area contributed by atoms with E-state index in [0.29, 0.717) is 25.7 Å². The van der Waals surface area contributed by atoms with Gasteiger partial charge in [0.2, 0.25) is 0 Å². The number of allylic oxidation sites excluding steroid dienone is 9. The highest BCUT2D eigenvalue weighted by molar-refractivity contribution is 7.47. The van der Waals surface area contributed by atoms with Crippen molar-refractivity contribution in [2.45, 2.75) is 154 Å². The monoisotopic (exact) mass is 769 g/mol. The highest BCUT2D eigenvalue weighted by atomic mass is 31.2. The van der Waals surface area contributed by atoms with Gasteiger partial charge in [-0.2, -0.15) is 0 Å². The molecular formula is C40H68NO11P. The van der Waals surface area contributed by atoms with Crippen molar-refractivity contribution in [3.63, 3.8) is 0 Å². The molecule has 5 N–H and O–H groups in total. The number of carbonyl (C=O) groups is 3. The van der Waals surface area contributed by atoms with Crippen LogP contribution in [0.25, 0.3) is 0 Å².